The van der Waals surface area contributed by atoms with Gasteiger partial charge in [0.15, 0.2) is 0 Å². The summed E-state index contributed by atoms with van der Waals surface area (Å²) in [4.78, 5) is 21.8. The lowest BCUT2D eigenvalue weighted by Gasteiger charge is -2.15. The van der Waals surface area contributed by atoms with Crippen LogP contribution in [0.5, 0.6) is 0 Å². The number of nitrogens with zero attached hydrogens (tertiary/aromatic N) is 2. The third-order valence-electron chi connectivity index (χ3n) is 3.31. The minimum atomic E-state index is -0.144. The third kappa shape index (κ3) is 3.82. The molecular formula is C16H19N3OS. The zero-order chi connectivity index (χ0) is 15.4. The van der Waals surface area contributed by atoms with Gasteiger partial charge in [-0.2, -0.15) is 0 Å². The van der Waals surface area contributed by atoms with E-state index in [1.807, 2.05) is 39.2 Å². The molecule has 0 saturated heterocycles. The first kappa shape index (κ1) is 15.5. The molecule has 1 amide bonds. The maximum absolute atomic E-state index is 12.3. The second kappa shape index (κ2) is 6.72. The molecule has 0 saturated carbocycles. The van der Waals surface area contributed by atoms with Crippen LogP contribution in [0.2, 0.25) is 0 Å². The van der Waals surface area contributed by atoms with Gasteiger partial charge in [0.1, 0.15) is 5.82 Å². The van der Waals surface area contributed by atoms with Crippen LogP contribution < -0.4 is 5.32 Å². The highest BCUT2D eigenvalue weighted by molar-refractivity contribution is 7.98. The molecule has 5 heteroatoms. The smallest absolute Gasteiger partial charge is 0.255 e. The molecule has 0 aliphatic carbocycles. The lowest BCUT2D eigenvalue weighted by Crippen LogP contribution is -2.27. The Bertz CT molecular complexity index is 640. The van der Waals surface area contributed by atoms with E-state index in [-0.39, 0.29) is 11.9 Å². The molecule has 4 nitrogen and oxygen atoms in total. The van der Waals surface area contributed by atoms with Gasteiger partial charge in [0, 0.05) is 11.1 Å². The lowest BCUT2D eigenvalue weighted by molar-refractivity contribution is 0.0938. The van der Waals surface area contributed by atoms with Crippen molar-refractivity contribution >= 4 is 17.7 Å². The Balaban J connectivity index is 2.10. The second-order valence-electron chi connectivity index (χ2n) is 4.88. The zero-order valence-electron chi connectivity index (χ0n) is 12.7. The standard InChI is InChI=1S/C16H19N3OS/c1-10(13-5-7-14(21-4)8-6-13)19-16(20)15-9-17-12(3)18-11(15)2/h5-10H,1-4H3,(H,19,20)/t10-/m0/s1. The van der Waals surface area contributed by atoms with Gasteiger partial charge < -0.3 is 5.32 Å². The summed E-state index contributed by atoms with van der Waals surface area (Å²) in [6.45, 7) is 5.60. The second-order valence-corrected chi connectivity index (χ2v) is 5.76. The van der Waals surface area contributed by atoms with Crippen molar-refractivity contribution in [3.8, 4) is 0 Å². The average Bonchev–Trinajstić information content (AvgIpc) is 2.47. The highest BCUT2D eigenvalue weighted by atomic mass is 32.2. The molecule has 0 aliphatic heterocycles. The third-order valence-corrected chi connectivity index (χ3v) is 4.05. The zero-order valence-corrected chi connectivity index (χ0v) is 13.5. The van der Waals surface area contributed by atoms with E-state index < -0.39 is 0 Å². The summed E-state index contributed by atoms with van der Waals surface area (Å²) in [6.07, 6.45) is 3.62. The molecule has 0 fully saturated rings. The van der Waals surface area contributed by atoms with Gasteiger partial charge in [-0.3, -0.25) is 4.79 Å². The van der Waals surface area contributed by atoms with E-state index in [2.05, 4.69) is 27.4 Å². The van der Waals surface area contributed by atoms with Crippen LogP contribution in [0.25, 0.3) is 0 Å². The number of aryl methyl sites for hydroxylation is 2. The number of benzene rings is 1. The number of carbonyl (C=O) groups excluding carboxylic acids is 1. The Morgan fingerprint density at radius 2 is 1.90 bits per heavy atom. The number of carbonyl (C=O) groups is 1. The Morgan fingerprint density at radius 1 is 1.24 bits per heavy atom. The van der Waals surface area contributed by atoms with Crippen LogP contribution in [0.4, 0.5) is 0 Å². The van der Waals surface area contributed by atoms with E-state index >= 15 is 0 Å². The fourth-order valence-electron chi connectivity index (χ4n) is 2.06. The van der Waals surface area contributed by atoms with E-state index in [0.717, 1.165) is 5.56 Å². The molecule has 1 heterocycles. The number of nitrogens with one attached hydrogen (secondary N) is 1. The summed E-state index contributed by atoms with van der Waals surface area (Å²) >= 11 is 1.70. The molecule has 1 N–H and O–H groups in total. The molecule has 1 aromatic carbocycles. The molecule has 1 atom stereocenters. The molecule has 0 unspecified atom stereocenters. The van der Waals surface area contributed by atoms with Crippen molar-refractivity contribution in [3.05, 3.63) is 53.1 Å². The van der Waals surface area contributed by atoms with Crippen LogP contribution in [-0.2, 0) is 0 Å². The fourth-order valence-corrected chi connectivity index (χ4v) is 2.46. The minimum absolute atomic E-state index is 0.0610. The van der Waals surface area contributed by atoms with Crippen LogP contribution in [0.3, 0.4) is 0 Å². The first-order valence-corrected chi connectivity index (χ1v) is 7.99. The van der Waals surface area contributed by atoms with E-state index in [0.29, 0.717) is 17.1 Å². The molecular weight excluding hydrogens is 282 g/mol. The van der Waals surface area contributed by atoms with Crippen molar-refractivity contribution < 1.29 is 4.79 Å². The van der Waals surface area contributed by atoms with Gasteiger partial charge >= 0.3 is 0 Å². The maximum atomic E-state index is 12.3. The molecule has 0 spiro atoms. The van der Waals surface area contributed by atoms with Crippen LogP contribution in [0.1, 0.15) is 40.4 Å². The van der Waals surface area contributed by atoms with E-state index in [4.69, 9.17) is 0 Å². The van der Waals surface area contributed by atoms with Gasteiger partial charge in [-0.25, -0.2) is 9.97 Å². The molecule has 1 aromatic heterocycles. The molecule has 0 aliphatic rings. The molecule has 2 rings (SSSR count). The number of thioether (sulfide) groups is 1. The van der Waals surface area contributed by atoms with Gasteiger partial charge in [-0.05, 0) is 44.7 Å². The molecule has 0 radical (unpaired) electrons. The van der Waals surface area contributed by atoms with E-state index in [1.54, 1.807) is 18.0 Å². The summed E-state index contributed by atoms with van der Waals surface area (Å²) in [5.74, 6) is 0.527. The predicted molar refractivity (Wildman–Crippen MR) is 85.6 cm³/mol. The normalized spacial score (nSPS) is 12.0. The number of hydrogen-bond donors (Lipinski definition) is 1. The molecule has 110 valence electrons. The van der Waals surface area contributed by atoms with Crippen molar-refractivity contribution in [1.82, 2.24) is 15.3 Å². The SMILES string of the molecule is CSc1ccc([C@H](C)NC(=O)c2cnc(C)nc2C)cc1. The van der Waals surface area contributed by atoms with Crippen molar-refractivity contribution in [3.63, 3.8) is 0 Å². The maximum Gasteiger partial charge on any atom is 0.255 e. The van der Waals surface area contributed by atoms with Crippen molar-refractivity contribution in [2.24, 2.45) is 0 Å². The number of hydrogen-bond acceptors (Lipinski definition) is 4. The first-order valence-electron chi connectivity index (χ1n) is 6.76. The Labute approximate surface area is 129 Å². The number of rotatable bonds is 4. The Hall–Kier alpha value is -1.88. The van der Waals surface area contributed by atoms with Gasteiger partial charge in [0.05, 0.1) is 17.3 Å². The van der Waals surface area contributed by atoms with Crippen molar-refractivity contribution in [1.29, 1.82) is 0 Å². The summed E-state index contributed by atoms with van der Waals surface area (Å²) in [5, 5.41) is 2.98. The monoisotopic (exact) mass is 301 g/mol. The average molecular weight is 301 g/mol. The fraction of sp³-hybridized carbons (Fsp3) is 0.312. The number of aromatic nitrogens is 2. The predicted octanol–water partition coefficient (Wildman–Crippen LogP) is 3.31. The van der Waals surface area contributed by atoms with Crippen LogP contribution >= 0.6 is 11.8 Å². The van der Waals surface area contributed by atoms with E-state index in [9.17, 15) is 4.79 Å². The number of amides is 1. The Morgan fingerprint density at radius 3 is 2.48 bits per heavy atom. The quantitative estimate of drug-likeness (QED) is 0.880. The summed E-state index contributed by atoms with van der Waals surface area (Å²) < 4.78 is 0. The summed E-state index contributed by atoms with van der Waals surface area (Å²) in [6, 6.07) is 8.13. The van der Waals surface area contributed by atoms with Gasteiger partial charge in [-0.1, -0.05) is 12.1 Å². The Kier molecular flexibility index (Phi) is 4.96. The lowest BCUT2D eigenvalue weighted by atomic mass is 10.1. The first-order chi connectivity index (χ1) is 10.0. The highest BCUT2D eigenvalue weighted by Crippen LogP contribution is 2.19. The van der Waals surface area contributed by atoms with Crippen LogP contribution in [0.15, 0.2) is 35.4 Å². The molecule has 0 bridgehead atoms. The largest absolute Gasteiger partial charge is 0.345 e. The topological polar surface area (TPSA) is 54.9 Å². The van der Waals surface area contributed by atoms with Gasteiger partial charge in [-0.15, -0.1) is 11.8 Å². The molecule has 2 aromatic rings. The summed E-state index contributed by atoms with van der Waals surface area (Å²) in [5.41, 5.74) is 2.30. The summed E-state index contributed by atoms with van der Waals surface area (Å²) in [7, 11) is 0. The molecule has 21 heavy (non-hydrogen) atoms. The van der Waals surface area contributed by atoms with Gasteiger partial charge in [0.25, 0.3) is 5.91 Å². The van der Waals surface area contributed by atoms with Crippen LogP contribution in [0, 0.1) is 13.8 Å². The van der Waals surface area contributed by atoms with E-state index in [1.165, 1.54) is 4.90 Å². The highest BCUT2D eigenvalue weighted by Gasteiger charge is 2.14. The van der Waals surface area contributed by atoms with Crippen molar-refractivity contribution in [2.45, 2.75) is 31.7 Å². The minimum Gasteiger partial charge on any atom is -0.345 e. The van der Waals surface area contributed by atoms with Gasteiger partial charge in [0.2, 0.25) is 0 Å². The van der Waals surface area contributed by atoms with Crippen molar-refractivity contribution in [2.75, 3.05) is 6.26 Å². The van der Waals surface area contributed by atoms with Crippen LogP contribution in [-0.4, -0.2) is 22.1 Å².